The van der Waals surface area contributed by atoms with Crippen LogP contribution in [0.5, 0.6) is 0 Å². The molecule has 0 heterocycles. The van der Waals surface area contributed by atoms with E-state index < -0.39 is 0 Å². The summed E-state index contributed by atoms with van der Waals surface area (Å²) in [6, 6.07) is 0. The van der Waals surface area contributed by atoms with Gasteiger partial charge in [-0.25, -0.2) is 0 Å². The van der Waals surface area contributed by atoms with E-state index in [2.05, 4.69) is 12.2 Å². The van der Waals surface area contributed by atoms with Gasteiger partial charge in [0.15, 0.2) is 0 Å². The Hall–Kier alpha value is -0.890. The second-order valence-corrected chi connectivity index (χ2v) is 11.9. The summed E-state index contributed by atoms with van der Waals surface area (Å²) < 4.78 is 48.9. The molecule has 0 saturated carbocycles. The number of carbonyl (C=O) groups is 1. The average molecular weight is 694 g/mol. The van der Waals surface area contributed by atoms with Crippen LogP contribution in [0.2, 0.25) is 0 Å². The molecular weight excluding hydrogens is 618 g/mol. The molecule has 1 N–H and O–H groups in total. The third kappa shape index (κ3) is 43.1. The molecule has 11 heteroatoms. The van der Waals surface area contributed by atoms with Gasteiger partial charge in [0.05, 0.1) is 106 Å². The Morgan fingerprint density at radius 3 is 0.958 bits per heavy atom. The SMILES string of the molecule is CCCCCCCCCCCCCCCCCC(=O)OCCOCCOCCOCCOCCOCCOCCOCCOCCNC. The van der Waals surface area contributed by atoms with Crippen LogP contribution < -0.4 is 5.32 Å². The molecule has 0 atom stereocenters. The number of hydrogen-bond acceptors (Lipinski definition) is 11. The lowest BCUT2D eigenvalue weighted by molar-refractivity contribution is -0.145. The number of nitrogens with one attached hydrogen (secondary N) is 1. The molecule has 0 saturated heterocycles. The molecule has 0 aliphatic rings. The molecule has 288 valence electrons. The molecule has 48 heavy (non-hydrogen) atoms. The summed E-state index contributed by atoms with van der Waals surface area (Å²) in [6.45, 7) is 11.8. The molecule has 0 aliphatic carbocycles. The van der Waals surface area contributed by atoms with Gasteiger partial charge in [0.2, 0.25) is 0 Å². The van der Waals surface area contributed by atoms with Crippen molar-refractivity contribution in [2.75, 3.05) is 126 Å². The quantitative estimate of drug-likeness (QED) is 0.0587. The maximum absolute atomic E-state index is 11.9. The van der Waals surface area contributed by atoms with E-state index >= 15 is 0 Å². The van der Waals surface area contributed by atoms with Gasteiger partial charge in [-0.2, -0.15) is 0 Å². The number of likely N-dealkylation sites (N-methyl/N-ethyl adjacent to an activating group) is 1. The van der Waals surface area contributed by atoms with Crippen LogP contribution >= 0.6 is 0 Å². The molecule has 0 radical (unpaired) electrons. The Morgan fingerprint density at radius 2 is 0.646 bits per heavy atom. The van der Waals surface area contributed by atoms with Crippen LogP contribution in [0.25, 0.3) is 0 Å². The zero-order chi connectivity index (χ0) is 34.7. The topological polar surface area (TPSA) is 112 Å². The zero-order valence-electron chi connectivity index (χ0n) is 31.1. The average Bonchev–Trinajstić information content (AvgIpc) is 3.09. The Bertz CT molecular complexity index is 602. The van der Waals surface area contributed by atoms with Gasteiger partial charge in [0, 0.05) is 13.0 Å². The molecule has 0 fully saturated rings. The molecule has 0 spiro atoms. The summed E-state index contributed by atoms with van der Waals surface area (Å²) in [7, 11) is 1.90. The van der Waals surface area contributed by atoms with Gasteiger partial charge in [-0.3, -0.25) is 4.79 Å². The molecule has 0 aromatic heterocycles. The van der Waals surface area contributed by atoms with Crippen LogP contribution in [0.3, 0.4) is 0 Å². The second-order valence-electron chi connectivity index (χ2n) is 11.9. The highest BCUT2D eigenvalue weighted by atomic mass is 16.6. The number of esters is 1. The van der Waals surface area contributed by atoms with Crippen molar-refractivity contribution in [2.45, 2.75) is 110 Å². The first kappa shape index (κ1) is 47.1. The minimum Gasteiger partial charge on any atom is -0.463 e. The Labute approximate surface area is 294 Å². The van der Waals surface area contributed by atoms with Gasteiger partial charge in [-0.1, -0.05) is 96.8 Å². The lowest BCUT2D eigenvalue weighted by atomic mass is 10.0. The van der Waals surface area contributed by atoms with Crippen molar-refractivity contribution in [3.63, 3.8) is 0 Å². The monoisotopic (exact) mass is 694 g/mol. The fraction of sp³-hybridized carbons (Fsp3) is 0.973. The van der Waals surface area contributed by atoms with Crippen LogP contribution in [0.4, 0.5) is 0 Å². The van der Waals surface area contributed by atoms with Crippen molar-refractivity contribution in [1.82, 2.24) is 5.32 Å². The van der Waals surface area contributed by atoms with E-state index in [1.54, 1.807) is 0 Å². The third-order valence-electron chi connectivity index (χ3n) is 7.58. The highest BCUT2D eigenvalue weighted by Crippen LogP contribution is 2.13. The van der Waals surface area contributed by atoms with E-state index in [0.717, 1.165) is 19.4 Å². The fourth-order valence-corrected chi connectivity index (χ4v) is 4.74. The fourth-order valence-electron chi connectivity index (χ4n) is 4.74. The van der Waals surface area contributed by atoms with Crippen LogP contribution in [0.1, 0.15) is 110 Å². The smallest absolute Gasteiger partial charge is 0.305 e. The Balaban J connectivity index is 3.13. The van der Waals surface area contributed by atoms with Crippen molar-refractivity contribution in [2.24, 2.45) is 0 Å². The summed E-state index contributed by atoms with van der Waals surface area (Å²) >= 11 is 0. The minimum absolute atomic E-state index is 0.126. The molecule has 11 nitrogen and oxygen atoms in total. The number of unbranched alkanes of at least 4 members (excludes halogenated alkanes) is 14. The molecule has 0 aromatic carbocycles. The van der Waals surface area contributed by atoms with E-state index in [1.807, 2.05) is 7.05 Å². The standard InChI is InChI=1S/C37H75NO10/c1-3-4-5-6-7-8-9-10-11-12-13-14-15-16-17-18-37(39)48-36-35-47-34-33-46-32-31-45-30-29-44-28-27-43-26-25-42-24-23-41-22-21-40-20-19-38-2/h38H,3-36H2,1-2H3. The van der Waals surface area contributed by atoms with Gasteiger partial charge in [-0.05, 0) is 13.5 Å². The number of rotatable bonds is 43. The molecule has 0 unspecified atom stereocenters. The third-order valence-corrected chi connectivity index (χ3v) is 7.58. The highest BCUT2D eigenvalue weighted by Gasteiger charge is 2.03. The van der Waals surface area contributed by atoms with Gasteiger partial charge in [0.1, 0.15) is 6.61 Å². The van der Waals surface area contributed by atoms with Crippen molar-refractivity contribution >= 4 is 5.97 Å². The molecule has 0 aliphatic heterocycles. The lowest BCUT2D eigenvalue weighted by Gasteiger charge is -2.09. The second kappa shape index (κ2) is 44.1. The molecular formula is C37H75NO10. The van der Waals surface area contributed by atoms with Crippen LogP contribution in [0.15, 0.2) is 0 Å². The van der Waals surface area contributed by atoms with Crippen LogP contribution in [0, 0.1) is 0 Å². The first-order valence-electron chi connectivity index (χ1n) is 19.2. The van der Waals surface area contributed by atoms with E-state index in [9.17, 15) is 4.79 Å². The summed E-state index contributed by atoms with van der Waals surface area (Å²) in [6.07, 6.45) is 20.3. The van der Waals surface area contributed by atoms with Crippen molar-refractivity contribution < 1.29 is 47.4 Å². The number of ether oxygens (including phenoxy) is 9. The van der Waals surface area contributed by atoms with E-state index in [1.165, 1.54) is 83.5 Å². The summed E-state index contributed by atoms with van der Waals surface area (Å²) in [5, 5.41) is 3.02. The maximum Gasteiger partial charge on any atom is 0.305 e. The van der Waals surface area contributed by atoms with Crippen molar-refractivity contribution in [3.05, 3.63) is 0 Å². The van der Waals surface area contributed by atoms with Gasteiger partial charge >= 0.3 is 5.97 Å². The van der Waals surface area contributed by atoms with Crippen molar-refractivity contribution in [1.29, 1.82) is 0 Å². The first-order chi connectivity index (χ1) is 23.8. The number of hydrogen-bond donors (Lipinski definition) is 1. The van der Waals surface area contributed by atoms with Gasteiger partial charge in [-0.15, -0.1) is 0 Å². The molecule has 0 rings (SSSR count). The van der Waals surface area contributed by atoms with E-state index in [-0.39, 0.29) is 5.97 Å². The van der Waals surface area contributed by atoms with E-state index in [0.29, 0.717) is 119 Å². The highest BCUT2D eigenvalue weighted by molar-refractivity contribution is 5.69. The molecule has 0 bridgehead atoms. The van der Waals surface area contributed by atoms with Crippen LogP contribution in [-0.4, -0.2) is 132 Å². The molecule has 0 amide bonds. The van der Waals surface area contributed by atoms with Crippen LogP contribution in [-0.2, 0) is 47.4 Å². The first-order valence-corrected chi connectivity index (χ1v) is 19.2. The summed E-state index contributed by atoms with van der Waals surface area (Å²) in [5.41, 5.74) is 0. The van der Waals surface area contributed by atoms with E-state index in [4.69, 9.17) is 42.6 Å². The zero-order valence-corrected chi connectivity index (χ0v) is 31.1. The largest absolute Gasteiger partial charge is 0.463 e. The van der Waals surface area contributed by atoms with Gasteiger partial charge in [0.25, 0.3) is 0 Å². The summed E-state index contributed by atoms with van der Waals surface area (Å²) in [5.74, 6) is -0.126. The normalized spacial score (nSPS) is 11.5. The lowest BCUT2D eigenvalue weighted by Crippen LogP contribution is -2.17. The number of carbonyl (C=O) groups excluding carboxylic acids is 1. The minimum atomic E-state index is -0.126. The Kier molecular flexibility index (Phi) is 43.3. The molecule has 0 aromatic rings. The summed E-state index contributed by atoms with van der Waals surface area (Å²) in [4.78, 5) is 11.9. The maximum atomic E-state index is 11.9. The van der Waals surface area contributed by atoms with Gasteiger partial charge < -0.3 is 47.9 Å². The predicted octanol–water partition coefficient (Wildman–Crippen LogP) is 6.14. The Morgan fingerprint density at radius 1 is 0.375 bits per heavy atom. The predicted molar refractivity (Wildman–Crippen MR) is 191 cm³/mol. The van der Waals surface area contributed by atoms with Crippen molar-refractivity contribution in [3.8, 4) is 0 Å².